The van der Waals surface area contributed by atoms with Crippen molar-refractivity contribution in [2.24, 2.45) is 5.84 Å². The molecule has 5 heteroatoms. The average molecular weight is 323 g/mol. The first-order chi connectivity index (χ1) is 9.24. The van der Waals surface area contributed by atoms with Gasteiger partial charge in [0.25, 0.3) is 0 Å². The second kappa shape index (κ2) is 6.84. The molecule has 2 aromatic rings. The number of benzene rings is 1. The van der Waals surface area contributed by atoms with E-state index in [0.29, 0.717) is 0 Å². The van der Waals surface area contributed by atoms with Gasteiger partial charge in [-0.15, -0.1) is 0 Å². The molecule has 0 saturated heterocycles. The van der Waals surface area contributed by atoms with Gasteiger partial charge in [-0.25, -0.2) is 0 Å². The van der Waals surface area contributed by atoms with Crippen molar-refractivity contribution >= 4 is 15.9 Å². The average Bonchev–Trinajstić information content (AvgIpc) is 2.87. The Morgan fingerprint density at radius 3 is 2.68 bits per heavy atom. The number of nitrogens with two attached hydrogens (primary N) is 1. The molecular formula is C14H19BrN4. The third kappa shape index (κ3) is 3.65. The number of hydrogen-bond donors (Lipinski definition) is 2. The lowest BCUT2D eigenvalue weighted by molar-refractivity contribution is 0.478. The minimum Gasteiger partial charge on any atom is -0.271 e. The minimum atomic E-state index is 0.0789. The van der Waals surface area contributed by atoms with Crippen molar-refractivity contribution in [3.8, 4) is 0 Å². The molecule has 0 aliphatic rings. The first-order valence-electron chi connectivity index (χ1n) is 6.47. The van der Waals surface area contributed by atoms with Crippen LogP contribution < -0.4 is 11.3 Å². The number of aryl methyl sites for hydroxylation is 1. The zero-order valence-corrected chi connectivity index (χ0v) is 12.6. The predicted molar refractivity (Wildman–Crippen MR) is 80.4 cm³/mol. The van der Waals surface area contributed by atoms with Crippen LogP contribution in [0, 0.1) is 0 Å². The first-order valence-corrected chi connectivity index (χ1v) is 7.26. The number of aromatic nitrogens is 2. The molecule has 0 aliphatic carbocycles. The molecule has 0 fully saturated rings. The van der Waals surface area contributed by atoms with E-state index in [-0.39, 0.29) is 6.04 Å². The van der Waals surface area contributed by atoms with E-state index in [1.807, 2.05) is 29.1 Å². The summed E-state index contributed by atoms with van der Waals surface area (Å²) < 4.78 is 3.10. The Morgan fingerprint density at radius 2 is 2.05 bits per heavy atom. The Kier molecular flexibility index (Phi) is 5.13. The molecule has 1 unspecified atom stereocenters. The summed E-state index contributed by atoms with van der Waals surface area (Å²) in [7, 11) is 0. The van der Waals surface area contributed by atoms with Crippen LogP contribution in [0.4, 0.5) is 0 Å². The summed E-state index contributed by atoms with van der Waals surface area (Å²) in [5.41, 5.74) is 5.27. The van der Waals surface area contributed by atoms with E-state index in [9.17, 15) is 0 Å². The summed E-state index contributed by atoms with van der Waals surface area (Å²) >= 11 is 3.45. The van der Waals surface area contributed by atoms with E-state index in [2.05, 4.69) is 45.5 Å². The smallest absolute Gasteiger partial charge is 0.0669 e. The van der Waals surface area contributed by atoms with Gasteiger partial charge in [-0.3, -0.25) is 16.0 Å². The lowest BCUT2D eigenvalue weighted by atomic mass is 10.0. The van der Waals surface area contributed by atoms with Crippen LogP contribution in [0.3, 0.4) is 0 Å². The van der Waals surface area contributed by atoms with E-state index in [4.69, 9.17) is 5.84 Å². The second-order valence-electron chi connectivity index (χ2n) is 4.53. The van der Waals surface area contributed by atoms with Gasteiger partial charge in [0.2, 0.25) is 0 Å². The van der Waals surface area contributed by atoms with Gasteiger partial charge in [0, 0.05) is 17.2 Å². The SMILES string of the molecule is CCCn1nccc1C(Cc1ccc(Br)cc1)NN. The Hall–Kier alpha value is -1.17. The van der Waals surface area contributed by atoms with Crippen molar-refractivity contribution < 1.29 is 0 Å². The maximum Gasteiger partial charge on any atom is 0.0669 e. The molecular weight excluding hydrogens is 304 g/mol. The van der Waals surface area contributed by atoms with Gasteiger partial charge in [-0.2, -0.15) is 5.10 Å². The normalized spacial score (nSPS) is 12.6. The van der Waals surface area contributed by atoms with Crippen molar-refractivity contribution in [2.45, 2.75) is 32.4 Å². The van der Waals surface area contributed by atoms with Crippen molar-refractivity contribution in [3.05, 3.63) is 52.3 Å². The standard InChI is InChI=1S/C14H19BrN4/c1-2-9-19-14(7-8-17-19)13(18-16)10-11-3-5-12(15)6-4-11/h3-8,13,18H,2,9-10,16H2,1H3. The van der Waals surface area contributed by atoms with Crippen LogP contribution in [0.15, 0.2) is 41.0 Å². The summed E-state index contributed by atoms with van der Waals surface area (Å²) in [5.74, 6) is 5.71. The van der Waals surface area contributed by atoms with Gasteiger partial charge >= 0.3 is 0 Å². The third-order valence-electron chi connectivity index (χ3n) is 3.10. The van der Waals surface area contributed by atoms with Crippen LogP contribution in [0.2, 0.25) is 0 Å². The lowest BCUT2D eigenvalue weighted by Crippen LogP contribution is -2.31. The van der Waals surface area contributed by atoms with Crippen LogP contribution in [-0.2, 0) is 13.0 Å². The largest absolute Gasteiger partial charge is 0.271 e. The molecule has 0 bridgehead atoms. The van der Waals surface area contributed by atoms with E-state index in [1.54, 1.807) is 0 Å². The van der Waals surface area contributed by atoms with Crippen molar-refractivity contribution in [1.29, 1.82) is 0 Å². The minimum absolute atomic E-state index is 0.0789. The van der Waals surface area contributed by atoms with Crippen molar-refractivity contribution in [1.82, 2.24) is 15.2 Å². The molecule has 1 aromatic heterocycles. The van der Waals surface area contributed by atoms with Crippen molar-refractivity contribution in [2.75, 3.05) is 0 Å². The maximum atomic E-state index is 5.71. The molecule has 1 atom stereocenters. The number of hydrogen-bond acceptors (Lipinski definition) is 3. The molecule has 0 radical (unpaired) electrons. The Labute approximate surface area is 122 Å². The molecule has 1 aromatic carbocycles. The van der Waals surface area contributed by atoms with Gasteiger partial charge in [0.1, 0.15) is 0 Å². The van der Waals surface area contributed by atoms with Crippen LogP contribution in [0.1, 0.15) is 30.6 Å². The molecule has 102 valence electrons. The van der Waals surface area contributed by atoms with Gasteiger partial charge in [0.15, 0.2) is 0 Å². The number of rotatable bonds is 6. The Morgan fingerprint density at radius 1 is 1.32 bits per heavy atom. The molecule has 2 rings (SSSR count). The van der Waals surface area contributed by atoms with Crippen LogP contribution >= 0.6 is 15.9 Å². The first kappa shape index (κ1) is 14.2. The highest BCUT2D eigenvalue weighted by Gasteiger charge is 2.15. The van der Waals surface area contributed by atoms with Gasteiger partial charge in [0.05, 0.1) is 11.7 Å². The molecule has 3 N–H and O–H groups in total. The molecule has 0 spiro atoms. The van der Waals surface area contributed by atoms with Gasteiger partial charge in [-0.05, 0) is 36.6 Å². The molecule has 0 amide bonds. The zero-order valence-electron chi connectivity index (χ0n) is 11.0. The van der Waals surface area contributed by atoms with E-state index in [1.165, 1.54) is 5.56 Å². The van der Waals surface area contributed by atoms with E-state index in [0.717, 1.165) is 29.6 Å². The van der Waals surface area contributed by atoms with Crippen LogP contribution in [0.5, 0.6) is 0 Å². The highest BCUT2D eigenvalue weighted by Crippen LogP contribution is 2.19. The molecule has 0 aliphatic heterocycles. The lowest BCUT2D eigenvalue weighted by Gasteiger charge is -2.17. The van der Waals surface area contributed by atoms with Gasteiger partial charge < -0.3 is 0 Å². The van der Waals surface area contributed by atoms with E-state index >= 15 is 0 Å². The fourth-order valence-electron chi connectivity index (χ4n) is 2.14. The fraction of sp³-hybridized carbons (Fsp3) is 0.357. The highest BCUT2D eigenvalue weighted by molar-refractivity contribution is 9.10. The second-order valence-corrected chi connectivity index (χ2v) is 5.44. The van der Waals surface area contributed by atoms with Crippen molar-refractivity contribution in [3.63, 3.8) is 0 Å². The quantitative estimate of drug-likeness (QED) is 0.635. The summed E-state index contributed by atoms with van der Waals surface area (Å²) in [6.45, 7) is 3.06. The third-order valence-corrected chi connectivity index (χ3v) is 3.62. The predicted octanol–water partition coefficient (Wildman–Crippen LogP) is 2.80. The maximum absolute atomic E-state index is 5.71. The molecule has 4 nitrogen and oxygen atoms in total. The molecule has 1 heterocycles. The number of halogens is 1. The van der Waals surface area contributed by atoms with E-state index < -0.39 is 0 Å². The Bertz CT molecular complexity index is 506. The monoisotopic (exact) mass is 322 g/mol. The molecule has 19 heavy (non-hydrogen) atoms. The molecule has 0 saturated carbocycles. The zero-order chi connectivity index (χ0) is 13.7. The summed E-state index contributed by atoms with van der Waals surface area (Å²) in [6, 6.07) is 10.4. The number of nitrogens with one attached hydrogen (secondary N) is 1. The highest BCUT2D eigenvalue weighted by atomic mass is 79.9. The van der Waals surface area contributed by atoms with Crippen LogP contribution in [-0.4, -0.2) is 9.78 Å². The Balaban J connectivity index is 2.15. The fourth-order valence-corrected chi connectivity index (χ4v) is 2.41. The topological polar surface area (TPSA) is 55.9 Å². The number of hydrazine groups is 1. The summed E-state index contributed by atoms with van der Waals surface area (Å²) in [5, 5.41) is 4.34. The van der Waals surface area contributed by atoms with Gasteiger partial charge in [-0.1, -0.05) is 35.0 Å². The summed E-state index contributed by atoms with van der Waals surface area (Å²) in [4.78, 5) is 0. The van der Waals surface area contributed by atoms with Crippen LogP contribution in [0.25, 0.3) is 0 Å². The number of nitrogens with zero attached hydrogens (tertiary/aromatic N) is 2. The summed E-state index contributed by atoms with van der Waals surface area (Å²) in [6.07, 6.45) is 3.74.